The molecule has 25 heavy (non-hydrogen) atoms. The van der Waals surface area contributed by atoms with E-state index in [-0.39, 0.29) is 11.6 Å². The van der Waals surface area contributed by atoms with Crippen LogP contribution in [0.1, 0.15) is 37.5 Å². The zero-order valence-electron chi connectivity index (χ0n) is 14.5. The van der Waals surface area contributed by atoms with E-state index in [1.807, 2.05) is 32.0 Å². The van der Waals surface area contributed by atoms with Crippen molar-refractivity contribution in [2.45, 2.75) is 20.8 Å². The van der Waals surface area contributed by atoms with E-state index in [4.69, 9.17) is 0 Å². The number of rotatable bonds is 5. The molecule has 5 heteroatoms. The summed E-state index contributed by atoms with van der Waals surface area (Å²) in [5, 5.41) is 0. The number of aliphatic imine (C=N–C) groups is 2. The van der Waals surface area contributed by atoms with Crippen molar-refractivity contribution in [2.24, 2.45) is 9.98 Å². The summed E-state index contributed by atoms with van der Waals surface area (Å²) in [4.78, 5) is 11.4. The summed E-state index contributed by atoms with van der Waals surface area (Å²) < 4.78 is 27.4. The molecule has 0 aliphatic heterocycles. The Balaban J connectivity index is 2.58. The molecule has 0 radical (unpaired) electrons. The Morgan fingerprint density at radius 3 is 1.80 bits per heavy atom. The Labute approximate surface area is 146 Å². The van der Waals surface area contributed by atoms with E-state index in [0.29, 0.717) is 11.8 Å². The fraction of sp³-hybridized carbons (Fsp3) is 0.150. The minimum Gasteiger partial charge on any atom is -0.242 e. The largest absolute Gasteiger partial charge is 0.242 e. The number of hydrogen-bond donors (Lipinski definition) is 0. The second-order valence-corrected chi connectivity index (χ2v) is 5.81. The molecule has 1 heterocycles. The average molecular weight is 339 g/mol. The summed E-state index contributed by atoms with van der Waals surface area (Å²) in [6, 6.07) is 6.49. The molecule has 2 aromatic rings. The molecule has 0 aliphatic carbocycles. The topological polar surface area (TPSA) is 37.6 Å². The van der Waals surface area contributed by atoms with Crippen molar-refractivity contribution in [3.63, 3.8) is 0 Å². The molecule has 0 atom stereocenters. The van der Waals surface area contributed by atoms with Gasteiger partial charge in [-0.25, -0.2) is 23.7 Å². The summed E-state index contributed by atoms with van der Waals surface area (Å²) in [5.74, 6) is -2.26. The van der Waals surface area contributed by atoms with Gasteiger partial charge in [0.1, 0.15) is 0 Å². The van der Waals surface area contributed by atoms with Crippen molar-refractivity contribution in [1.82, 2.24) is 4.98 Å². The maximum absolute atomic E-state index is 14.0. The molecule has 1 aromatic carbocycles. The highest BCUT2D eigenvalue weighted by Crippen LogP contribution is 2.25. The molecule has 128 valence electrons. The van der Waals surface area contributed by atoms with Gasteiger partial charge in [0.2, 0.25) is 0 Å². The third-order valence-electron chi connectivity index (χ3n) is 3.65. The summed E-state index contributed by atoms with van der Waals surface area (Å²) in [6.07, 6.45) is 0. The molecule has 0 spiro atoms. The van der Waals surface area contributed by atoms with Gasteiger partial charge >= 0.3 is 0 Å². The Hall–Kier alpha value is -2.95. The van der Waals surface area contributed by atoms with Crippen LogP contribution in [-0.4, -0.2) is 17.4 Å². The summed E-state index contributed by atoms with van der Waals surface area (Å²) in [5.41, 5.74) is 4.95. The predicted octanol–water partition coefficient (Wildman–Crippen LogP) is 5.90. The fourth-order valence-corrected chi connectivity index (χ4v) is 2.19. The second kappa shape index (κ2) is 7.30. The summed E-state index contributed by atoms with van der Waals surface area (Å²) >= 11 is 0. The van der Waals surface area contributed by atoms with Crippen LogP contribution in [0.2, 0.25) is 0 Å². The van der Waals surface area contributed by atoms with Crippen molar-refractivity contribution in [3.8, 4) is 0 Å². The lowest BCUT2D eigenvalue weighted by Crippen LogP contribution is -1.99. The van der Waals surface area contributed by atoms with Crippen molar-refractivity contribution in [1.29, 1.82) is 0 Å². The first-order valence-corrected chi connectivity index (χ1v) is 7.58. The molecular formula is C20H19F2N3. The van der Waals surface area contributed by atoms with E-state index in [9.17, 15) is 8.78 Å². The molecule has 2 rings (SSSR count). The van der Waals surface area contributed by atoms with E-state index < -0.39 is 11.6 Å². The highest BCUT2D eigenvalue weighted by molar-refractivity contribution is 6.01. The van der Waals surface area contributed by atoms with Gasteiger partial charge in [-0.3, -0.25) is 0 Å². The van der Waals surface area contributed by atoms with Crippen LogP contribution in [0.4, 0.5) is 20.4 Å². The monoisotopic (exact) mass is 339 g/mol. The number of halogens is 2. The molecule has 0 amide bonds. The molecule has 1 aromatic heterocycles. The minimum absolute atomic E-state index is 0.237. The SMILES string of the molecule is C=Nc1nc(/N=C(/C)c2cc(C(=C)C)cc(C(=C)C)c2)c(F)cc1F. The molecule has 0 N–H and O–H groups in total. The molecule has 3 nitrogen and oxygen atoms in total. The highest BCUT2D eigenvalue weighted by atomic mass is 19.1. The lowest BCUT2D eigenvalue weighted by atomic mass is 9.97. The van der Waals surface area contributed by atoms with E-state index in [1.165, 1.54) is 0 Å². The smallest absolute Gasteiger partial charge is 0.190 e. The van der Waals surface area contributed by atoms with Crippen LogP contribution in [0.15, 0.2) is 47.4 Å². The van der Waals surface area contributed by atoms with Gasteiger partial charge in [0.25, 0.3) is 0 Å². The predicted molar refractivity (Wildman–Crippen MR) is 101 cm³/mol. The molecule has 0 saturated carbocycles. The van der Waals surface area contributed by atoms with Crippen LogP contribution in [0, 0.1) is 11.6 Å². The fourth-order valence-electron chi connectivity index (χ4n) is 2.19. The van der Waals surface area contributed by atoms with Crippen LogP contribution in [0.3, 0.4) is 0 Å². The van der Waals surface area contributed by atoms with Gasteiger partial charge in [-0.15, -0.1) is 0 Å². The van der Waals surface area contributed by atoms with Gasteiger partial charge in [0, 0.05) is 11.8 Å². The molecule has 0 aliphatic rings. The Morgan fingerprint density at radius 2 is 1.32 bits per heavy atom. The maximum atomic E-state index is 14.0. The van der Waals surface area contributed by atoms with Gasteiger partial charge in [0.05, 0.1) is 0 Å². The van der Waals surface area contributed by atoms with Crippen LogP contribution in [0.25, 0.3) is 11.1 Å². The molecule has 0 bridgehead atoms. The zero-order valence-corrected chi connectivity index (χ0v) is 14.5. The van der Waals surface area contributed by atoms with E-state index in [0.717, 1.165) is 27.8 Å². The van der Waals surface area contributed by atoms with Crippen molar-refractivity contribution in [2.75, 3.05) is 0 Å². The van der Waals surface area contributed by atoms with Gasteiger partial charge < -0.3 is 0 Å². The Bertz CT molecular complexity index is 879. The normalized spacial score (nSPS) is 11.3. The van der Waals surface area contributed by atoms with Crippen LogP contribution < -0.4 is 0 Å². The number of hydrogen-bond acceptors (Lipinski definition) is 3. The van der Waals surface area contributed by atoms with Gasteiger partial charge in [-0.2, -0.15) is 0 Å². The number of nitrogens with zero attached hydrogens (tertiary/aromatic N) is 3. The minimum atomic E-state index is -0.877. The zero-order chi connectivity index (χ0) is 18.7. The molecule has 0 unspecified atom stereocenters. The number of allylic oxidation sites excluding steroid dienone is 2. The molecular weight excluding hydrogens is 320 g/mol. The number of pyridine rings is 1. The van der Waals surface area contributed by atoms with Crippen molar-refractivity contribution < 1.29 is 8.78 Å². The highest BCUT2D eigenvalue weighted by Gasteiger charge is 2.12. The first-order valence-electron chi connectivity index (χ1n) is 7.58. The van der Waals surface area contributed by atoms with E-state index in [1.54, 1.807) is 6.92 Å². The van der Waals surface area contributed by atoms with Gasteiger partial charge in [-0.1, -0.05) is 24.3 Å². The van der Waals surface area contributed by atoms with Crippen LogP contribution >= 0.6 is 0 Å². The number of aromatic nitrogens is 1. The van der Waals surface area contributed by atoms with Gasteiger partial charge in [0.15, 0.2) is 23.3 Å². The Morgan fingerprint density at radius 1 is 0.840 bits per heavy atom. The van der Waals surface area contributed by atoms with E-state index in [2.05, 4.69) is 34.8 Å². The van der Waals surface area contributed by atoms with Crippen LogP contribution in [0.5, 0.6) is 0 Å². The number of benzene rings is 1. The lowest BCUT2D eigenvalue weighted by molar-refractivity contribution is 0.577. The second-order valence-electron chi connectivity index (χ2n) is 5.81. The first-order chi connectivity index (χ1) is 11.7. The summed E-state index contributed by atoms with van der Waals surface area (Å²) in [6.45, 7) is 16.7. The first kappa shape index (κ1) is 18.4. The lowest BCUT2D eigenvalue weighted by Gasteiger charge is -2.10. The molecule has 0 fully saturated rings. The standard InChI is InChI=1S/C20H19F2N3/c1-11(2)14-7-15(12(3)4)9-16(8-14)13(5)24-20-18(22)10-17(21)19(23-6)25-20/h7-10H,1,3,6H2,2,4-5H3/b24-13-. The quantitative estimate of drug-likeness (QED) is 0.625. The van der Waals surface area contributed by atoms with Gasteiger partial charge in [-0.05, 0) is 62.4 Å². The van der Waals surface area contributed by atoms with Crippen molar-refractivity contribution in [3.05, 3.63) is 65.7 Å². The Kier molecular flexibility index (Phi) is 5.37. The van der Waals surface area contributed by atoms with Crippen molar-refractivity contribution >= 4 is 35.2 Å². The van der Waals surface area contributed by atoms with Crippen LogP contribution in [-0.2, 0) is 0 Å². The third-order valence-corrected chi connectivity index (χ3v) is 3.65. The third kappa shape index (κ3) is 4.12. The average Bonchev–Trinajstić information content (AvgIpc) is 2.56. The maximum Gasteiger partial charge on any atom is 0.190 e. The molecule has 0 saturated heterocycles. The van der Waals surface area contributed by atoms with E-state index >= 15 is 0 Å². The summed E-state index contributed by atoms with van der Waals surface area (Å²) in [7, 11) is 0.